The zero-order valence-corrected chi connectivity index (χ0v) is 18.8. The third kappa shape index (κ3) is 2.59. The highest BCUT2D eigenvalue weighted by Gasteiger charge is 2.53. The summed E-state index contributed by atoms with van der Waals surface area (Å²) in [6.07, 6.45) is 8.80. The van der Waals surface area contributed by atoms with Gasteiger partial charge in [-0.25, -0.2) is 0 Å². The van der Waals surface area contributed by atoms with E-state index >= 15 is 0 Å². The predicted octanol–water partition coefficient (Wildman–Crippen LogP) is 6.81. The van der Waals surface area contributed by atoms with Gasteiger partial charge in [0.1, 0.15) is 0 Å². The van der Waals surface area contributed by atoms with Crippen LogP contribution in [0.2, 0.25) is 0 Å². The number of benzene rings is 1. The first-order valence-corrected chi connectivity index (χ1v) is 11.0. The fourth-order valence-corrected chi connectivity index (χ4v) is 7.01. The van der Waals surface area contributed by atoms with Gasteiger partial charge in [-0.05, 0) is 82.4 Å². The van der Waals surface area contributed by atoms with Gasteiger partial charge in [-0.2, -0.15) is 4.79 Å². The van der Waals surface area contributed by atoms with Crippen LogP contribution in [-0.4, -0.2) is 11.0 Å². The van der Waals surface area contributed by atoms with E-state index in [4.69, 9.17) is 0 Å². The maximum Gasteiger partial charge on any atom is 0.288 e. The van der Waals surface area contributed by atoms with Crippen LogP contribution in [0.25, 0.3) is 5.53 Å². The Morgan fingerprint density at radius 2 is 1.19 bits per heavy atom. The lowest BCUT2D eigenvalue weighted by Crippen LogP contribution is -2.25. The number of rotatable bonds is 5. The maximum absolute atomic E-state index is 9.58. The molecule has 0 amide bonds. The minimum atomic E-state index is 0.104. The van der Waals surface area contributed by atoms with Crippen molar-refractivity contribution >= 4 is 6.21 Å². The summed E-state index contributed by atoms with van der Waals surface area (Å²) in [6, 6.07) is 2.60. The van der Waals surface area contributed by atoms with Crippen molar-refractivity contribution in [2.75, 3.05) is 0 Å². The van der Waals surface area contributed by atoms with Crippen LogP contribution in [0, 0.1) is 0 Å². The SMILES string of the molecule is CCC1(CC)CC(C)(C)c2c1cc1c(c2C=[N+]=[N-])C(C)(C)CC1(CC)CC. The van der Waals surface area contributed by atoms with Crippen molar-refractivity contribution in [2.45, 2.75) is 116 Å². The molecule has 1 aromatic rings. The Hall–Kier alpha value is -1.40. The molecule has 2 heteroatoms. The van der Waals surface area contributed by atoms with Gasteiger partial charge in [0.05, 0.1) is 5.56 Å². The topological polar surface area (TPSA) is 36.4 Å². The van der Waals surface area contributed by atoms with E-state index in [9.17, 15) is 5.53 Å². The zero-order chi connectivity index (χ0) is 20.3. The van der Waals surface area contributed by atoms with Gasteiger partial charge >= 0.3 is 0 Å². The van der Waals surface area contributed by atoms with Crippen molar-refractivity contribution in [3.63, 3.8) is 0 Å². The Bertz CT molecular complexity index is 742. The number of hydrogen-bond acceptors (Lipinski definition) is 0. The van der Waals surface area contributed by atoms with Gasteiger partial charge in [0.25, 0.3) is 6.21 Å². The molecule has 0 bridgehead atoms. The van der Waals surface area contributed by atoms with Gasteiger partial charge in [0.15, 0.2) is 0 Å². The lowest BCUT2D eigenvalue weighted by atomic mass is 9.72. The normalized spacial score (nSPS) is 22.8. The molecular formula is C25H38N2. The van der Waals surface area contributed by atoms with Crippen molar-refractivity contribution < 1.29 is 4.79 Å². The lowest BCUT2D eigenvalue weighted by Gasteiger charge is -2.32. The minimum absolute atomic E-state index is 0.104. The van der Waals surface area contributed by atoms with Crippen LogP contribution in [0.15, 0.2) is 6.07 Å². The van der Waals surface area contributed by atoms with E-state index in [1.807, 2.05) is 0 Å². The van der Waals surface area contributed by atoms with E-state index < -0.39 is 0 Å². The molecule has 2 aliphatic carbocycles. The number of nitrogens with zero attached hydrogens (tertiary/aromatic N) is 2. The highest BCUT2D eigenvalue weighted by atomic mass is 14.8. The average Bonchev–Trinajstić information content (AvgIpc) is 3.01. The second-order valence-electron chi connectivity index (χ2n) is 10.5. The molecule has 0 saturated carbocycles. The maximum atomic E-state index is 9.58. The fraction of sp³-hybridized carbons (Fsp3) is 0.720. The third-order valence-corrected chi connectivity index (χ3v) is 8.32. The van der Waals surface area contributed by atoms with Gasteiger partial charge in [0, 0.05) is 0 Å². The van der Waals surface area contributed by atoms with Gasteiger partial charge < -0.3 is 5.53 Å². The molecule has 27 heavy (non-hydrogen) atoms. The van der Waals surface area contributed by atoms with Crippen LogP contribution in [-0.2, 0) is 21.7 Å². The molecule has 2 aliphatic rings. The van der Waals surface area contributed by atoms with E-state index in [1.54, 1.807) is 6.21 Å². The minimum Gasteiger partial charge on any atom is -0.361 e. The first-order valence-electron chi connectivity index (χ1n) is 11.0. The van der Waals surface area contributed by atoms with Gasteiger partial charge in [0.2, 0.25) is 0 Å². The standard InChI is InChI=1S/C25H38N2/c1-9-24(10-2)15-22(5,6)20-17(14-27-26)21-19(13-18(20)24)25(11-3,12-4)16-23(21,7)8/h13-14H,9-12,15-16H2,1-8H3. The molecule has 0 saturated heterocycles. The summed E-state index contributed by atoms with van der Waals surface area (Å²) >= 11 is 0. The molecule has 0 N–H and O–H groups in total. The molecule has 0 spiro atoms. The Morgan fingerprint density at radius 1 is 0.815 bits per heavy atom. The molecule has 0 fully saturated rings. The monoisotopic (exact) mass is 366 g/mol. The second-order valence-corrected chi connectivity index (χ2v) is 10.5. The van der Waals surface area contributed by atoms with Crippen LogP contribution < -0.4 is 0 Å². The van der Waals surface area contributed by atoms with Gasteiger partial charge in [-0.15, -0.1) is 0 Å². The predicted molar refractivity (Wildman–Crippen MR) is 115 cm³/mol. The van der Waals surface area contributed by atoms with E-state index in [1.165, 1.54) is 66.3 Å². The molecule has 0 aromatic heterocycles. The van der Waals surface area contributed by atoms with Crippen molar-refractivity contribution in [3.05, 3.63) is 39.4 Å². The van der Waals surface area contributed by atoms with Crippen LogP contribution in [0.3, 0.4) is 0 Å². The molecule has 2 nitrogen and oxygen atoms in total. The van der Waals surface area contributed by atoms with E-state index in [2.05, 4.69) is 66.2 Å². The van der Waals surface area contributed by atoms with Crippen molar-refractivity contribution in [2.24, 2.45) is 0 Å². The van der Waals surface area contributed by atoms with Crippen molar-refractivity contribution in [1.82, 2.24) is 0 Å². The molecule has 1 aromatic carbocycles. The molecule has 0 radical (unpaired) electrons. The largest absolute Gasteiger partial charge is 0.361 e. The Morgan fingerprint density at radius 3 is 1.48 bits per heavy atom. The fourth-order valence-electron chi connectivity index (χ4n) is 7.01. The molecular weight excluding hydrogens is 328 g/mol. The third-order valence-electron chi connectivity index (χ3n) is 8.32. The summed E-state index contributed by atoms with van der Waals surface area (Å²) in [4.78, 5) is 3.57. The summed E-state index contributed by atoms with van der Waals surface area (Å²) in [5.74, 6) is 0. The van der Waals surface area contributed by atoms with Crippen LogP contribution in [0.1, 0.15) is 122 Å². The Labute approximate surface area is 166 Å². The summed E-state index contributed by atoms with van der Waals surface area (Å²) in [6.45, 7) is 18.9. The molecule has 3 rings (SSSR count). The Kier molecular flexibility index (Phi) is 4.75. The summed E-state index contributed by atoms with van der Waals surface area (Å²) < 4.78 is 0. The molecule has 148 valence electrons. The molecule has 0 heterocycles. The molecule has 0 unspecified atom stereocenters. The number of fused-ring (bicyclic) bond motifs is 2. The smallest absolute Gasteiger partial charge is 0.288 e. The van der Waals surface area contributed by atoms with E-state index in [-0.39, 0.29) is 21.7 Å². The van der Waals surface area contributed by atoms with Crippen molar-refractivity contribution in [1.29, 1.82) is 0 Å². The highest BCUT2D eigenvalue weighted by Crippen LogP contribution is 2.60. The quantitative estimate of drug-likeness (QED) is 0.312. The first-order chi connectivity index (χ1) is 12.6. The lowest BCUT2D eigenvalue weighted by molar-refractivity contribution is 0.00433. The highest BCUT2D eigenvalue weighted by molar-refractivity contribution is 5.85. The van der Waals surface area contributed by atoms with Crippen molar-refractivity contribution in [3.8, 4) is 0 Å². The zero-order valence-electron chi connectivity index (χ0n) is 18.8. The van der Waals surface area contributed by atoms with E-state index in [0.29, 0.717) is 0 Å². The van der Waals surface area contributed by atoms with Crippen LogP contribution in [0.5, 0.6) is 0 Å². The Balaban J connectivity index is 2.51. The average molecular weight is 367 g/mol. The van der Waals surface area contributed by atoms with Gasteiger partial charge in [-0.3, -0.25) is 0 Å². The summed E-state index contributed by atoms with van der Waals surface area (Å²) in [7, 11) is 0. The molecule has 0 aliphatic heterocycles. The van der Waals surface area contributed by atoms with Crippen LogP contribution in [0.4, 0.5) is 0 Å². The summed E-state index contributed by atoms with van der Waals surface area (Å²) in [5.41, 5.74) is 17.4. The van der Waals surface area contributed by atoms with E-state index in [0.717, 1.165) is 0 Å². The molecule has 0 atom stereocenters. The second kappa shape index (κ2) is 6.31. The van der Waals surface area contributed by atoms with Gasteiger partial charge in [-0.1, -0.05) is 61.5 Å². The van der Waals surface area contributed by atoms with Crippen LogP contribution >= 0.6 is 0 Å². The number of hydrogen-bond donors (Lipinski definition) is 0. The first kappa shape index (κ1) is 20.3. The summed E-state index contributed by atoms with van der Waals surface area (Å²) in [5, 5.41) is 0.